The lowest BCUT2D eigenvalue weighted by atomic mass is 10.8. The fourth-order valence-electron chi connectivity index (χ4n) is 0.161. The zero-order valence-corrected chi connectivity index (χ0v) is 5.87. The third kappa shape index (κ3) is 4.74. The lowest BCUT2D eigenvalue weighted by molar-refractivity contribution is 1.05. The van der Waals surface area contributed by atoms with Gasteiger partial charge in [0.15, 0.2) is 0 Å². The molecule has 0 rings (SSSR count). The van der Waals surface area contributed by atoms with Gasteiger partial charge < -0.3 is 0 Å². The monoisotopic (exact) mass is 123 g/mol. The van der Waals surface area contributed by atoms with Crippen LogP contribution < -0.4 is 5.09 Å². The van der Waals surface area contributed by atoms with Crippen LogP contribution >= 0.6 is 21.2 Å². The van der Waals surface area contributed by atoms with Gasteiger partial charge in [-0.3, -0.25) is 5.09 Å². The van der Waals surface area contributed by atoms with Gasteiger partial charge in [0.05, 0.1) is 0 Å². The summed E-state index contributed by atoms with van der Waals surface area (Å²) in [4.78, 5) is 0. The molecule has 0 aliphatic heterocycles. The van der Waals surface area contributed by atoms with Gasteiger partial charge in [-0.2, -0.15) is 11.8 Å². The van der Waals surface area contributed by atoms with Crippen LogP contribution in [0.1, 0.15) is 0 Å². The molecule has 0 radical (unpaired) electrons. The Balaban J connectivity index is 2.34. The van der Waals surface area contributed by atoms with Crippen LogP contribution in [-0.2, 0) is 0 Å². The van der Waals surface area contributed by atoms with E-state index in [1.54, 1.807) is 0 Å². The molecular weight excluding hydrogens is 113 g/mol. The van der Waals surface area contributed by atoms with Gasteiger partial charge in [-0.1, -0.05) is 9.39 Å². The molecule has 3 heteroatoms. The normalized spacial score (nSPS) is 9.00. The molecule has 0 heterocycles. The standard InChI is InChI=1S/C3H10NPS/c1-6-3-2-4-5/h4H,2-3,5H2,1H3. The van der Waals surface area contributed by atoms with Crippen molar-refractivity contribution < 1.29 is 0 Å². The van der Waals surface area contributed by atoms with Crippen LogP contribution in [0, 0.1) is 0 Å². The minimum absolute atomic E-state index is 1.09. The van der Waals surface area contributed by atoms with E-state index in [9.17, 15) is 0 Å². The summed E-state index contributed by atoms with van der Waals surface area (Å²) in [5, 5.41) is 2.96. The summed E-state index contributed by atoms with van der Waals surface area (Å²) < 4.78 is 0. The van der Waals surface area contributed by atoms with Crippen molar-refractivity contribution in [3.63, 3.8) is 0 Å². The molecule has 0 bridgehead atoms. The summed E-state index contributed by atoms with van der Waals surface area (Å²) >= 11 is 1.85. The second-order valence-electron chi connectivity index (χ2n) is 0.947. The van der Waals surface area contributed by atoms with Gasteiger partial charge in [0.1, 0.15) is 0 Å². The predicted octanol–water partition coefficient (Wildman–Crippen LogP) is 0.729. The highest BCUT2D eigenvalue weighted by Gasteiger charge is 1.73. The summed E-state index contributed by atoms with van der Waals surface area (Å²) in [5.41, 5.74) is 0. The van der Waals surface area contributed by atoms with Gasteiger partial charge in [-0.25, -0.2) is 0 Å². The van der Waals surface area contributed by atoms with Crippen LogP contribution in [0.5, 0.6) is 0 Å². The molecule has 0 aliphatic carbocycles. The Morgan fingerprint density at radius 3 is 2.67 bits per heavy atom. The first-order valence-electron chi connectivity index (χ1n) is 1.84. The van der Waals surface area contributed by atoms with E-state index in [0.717, 1.165) is 6.54 Å². The first-order chi connectivity index (χ1) is 2.91. The first kappa shape index (κ1) is 6.74. The molecular formula is C3H10NPS. The van der Waals surface area contributed by atoms with Crippen LogP contribution in [0.25, 0.3) is 0 Å². The van der Waals surface area contributed by atoms with Crippen LogP contribution in [0.2, 0.25) is 0 Å². The maximum atomic E-state index is 2.96. The summed E-state index contributed by atoms with van der Waals surface area (Å²) in [6, 6.07) is 0. The largest absolute Gasteiger partial charge is 0.300 e. The van der Waals surface area contributed by atoms with Crippen LogP contribution in [0.15, 0.2) is 0 Å². The van der Waals surface area contributed by atoms with Crippen LogP contribution in [0.3, 0.4) is 0 Å². The highest BCUT2D eigenvalue weighted by Crippen LogP contribution is 1.87. The van der Waals surface area contributed by atoms with Crippen molar-refractivity contribution in [2.24, 2.45) is 0 Å². The molecule has 1 N–H and O–H groups in total. The number of hydrogen-bond acceptors (Lipinski definition) is 2. The van der Waals surface area contributed by atoms with Crippen molar-refractivity contribution >= 4 is 21.2 Å². The molecule has 6 heavy (non-hydrogen) atoms. The van der Waals surface area contributed by atoms with Gasteiger partial charge in [0.25, 0.3) is 0 Å². The van der Waals surface area contributed by atoms with E-state index in [2.05, 4.69) is 20.7 Å². The molecule has 1 unspecified atom stereocenters. The van der Waals surface area contributed by atoms with Crippen molar-refractivity contribution in [2.75, 3.05) is 18.6 Å². The number of hydrogen-bond donors (Lipinski definition) is 1. The average molecular weight is 123 g/mol. The van der Waals surface area contributed by atoms with Gasteiger partial charge in [0.2, 0.25) is 0 Å². The Morgan fingerprint density at radius 2 is 2.50 bits per heavy atom. The predicted molar refractivity (Wildman–Crippen MR) is 36.1 cm³/mol. The van der Waals surface area contributed by atoms with E-state index >= 15 is 0 Å². The van der Waals surface area contributed by atoms with E-state index in [-0.39, 0.29) is 0 Å². The second-order valence-corrected chi connectivity index (χ2v) is 2.34. The van der Waals surface area contributed by atoms with Gasteiger partial charge in [-0.15, -0.1) is 0 Å². The molecule has 0 fully saturated rings. The van der Waals surface area contributed by atoms with Crippen molar-refractivity contribution in [3.05, 3.63) is 0 Å². The van der Waals surface area contributed by atoms with Crippen molar-refractivity contribution in [1.82, 2.24) is 5.09 Å². The molecule has 0 aliphatic rings. The Kier molecular flexibility index (Phi) is 6.45. The molecule has 0 aromatic carbocycles. The molecule has 1 nitrogen and oxygen atoms in total. The molecule has 0 spiro atoms. The average Bonchev–Trinajstić information content (AvgIpc) is 1.61. The van der Waals surface area contributed by atoms with E-state index in [1.165, 1.54) is 5.75 Å². The molecule has 1 atom stereocenters. The molecule has 0 amide bonds. The van der Waals surface area contributed by atoms with Crippen LogP contribution in [-0.4, -0.2) is 18.6 Å². The number of rotatable bonds is 3. The smallest absolute Gasteiger partial charge is 0.00765 e. The summed E-state index contributed by atoms with van der Waals surface area (Å²) in [6.07, 6.45) is 2.10. The van der Waals surface area contributed by atoms with Crippen LogP contribution in [0.4, 0.5) is 0 Å². The number of nitrogens with one attached hydrogen (secondary N) is 1. The SMILES string of the molecule is CSCCNP. The maximum absolute atomic E-state index is 2.96. The van der Waals surface area contributed by atoms with Gasteiger partial charge >= 0.3 is 0 Å². The Hall–Kier alpha value is 0.740. The molecule has 38 valence electrons. The second kappa shape index (κ2) is 5.74. The number of thioether (sulfide) groups is 1. The Labute approximate surface area is 45.5 Å². The quantitative estimate of drug-likeness (QED) is 0.438. The molecule has 0 saturated carbocycles. The zero-order valence-electron chi connectivity index (χ0n) is 3.90. The summed E-state index contributed by atoms with van der Waals surface area (Å²) in [7, 11) is 2.47. The lowest BCUT2D eigenvalue weighted by Gasteiger charge is -1.89. The van der Waals surface area contributed by atoms with Crippen molar-refractivity contribution in [3.8, 4) is 0 Å². The third-order valence-electron chi connectivity index (χ3n) is 0.451. The lowest BCUT2D eigenvalue weighted by Crippen LogP contribution is -2.01. The zero-order chi connectivity index (χ0) is 4.83. The Bertz CT molecular complexity index is 22.8. The highest BCUT2D eigenvalue weighted by atomic mass is 32.2. The molecule has 0 saturated heterocycles. The molecule has 0 aromatic heterocycles. The van der Waals surface area contributed by atoms with Gasteiger partial charge in [0, 0.05) is 12.3 Å². The summed E-state index contributed by atoms with van der Waals surface area (Å²) in [6.45, 7) is 1.09. The highest BCUT2D eigenvalue weighted by molar-refractivity contribution is 7.98. The van der Waals surface area contributed by atoms with E-state index in [1.807, 2.05) is 11.8 Å². The van der Waals surface area contributed by atoms with E-state index in [4.69, 9.17) is 0 Å². The van der Waals surface area contributed by atoms with Crippen molar-refractivity contribution in [2.45, 2.75) is 0 Å². The maximum Gasteiger partial charge on any atom is 0.00765 e. The minimum Gasteiger partial charge on any atom is -0.300 e. The molecule has 0 aromatic rings. The third-order valence-corrected chi connectivity index (χ3v) is 1.35. The topological polar surface area (TPSA) is 12.0 Å². The fourth-order valence-corrected chi connectivity index (χ4v) is 0.837. The van der Waals surface area contributed by atoms with E-state index < -0.39 is 0 Å². The van der Waals surface area contributed by atoms with Gasteiger partial charge in [-0.05, 0) is 6.26 Å². The van der Waals surface area contributed by atoms with Crippen molar-refractivity contribution in [1.29, 1.82) is 0 Å². The first-order valence-corrected chi connectivity index (χ1v) is 3.81. The van der Waals surface area contributed by atoms with E-state index in [0.29, 0.717) is 0 Å². The Morgan fingerprint density at radius 1 is 1.83 bits per heavy atom. The fraction of sp³-hybridized carbons (Fsp3) is 1.00. The summed E-state index contributed by atoms with van der Waals surface area (Å²) in [5.74, 6) is 1.20. The minimum atomic E-state index is 1.09.